The third kappa shape index (κ3) is 2.08. The smallest absolute Gasteiger partial charge is 0.240 e. The number of ether oxygens (including phenoxy) is 1. The van der Waals surface area contributed by atoms with Gasteiger partial charge in [-0.15, -0.1) is 5.10 Å². The Morgan fingerprint density at radius 2 is 2.18 bits per heavy atom. The Kier molecular flexibility index (Phi) is 2.44. The maximum absolute atomic E-state index is 5.59. The number of nitrogen functional groups attached to an aromatic ring is 1. The zero-order valence-corrected chi connectivity index (χ0v) is 9.47. The highest BCUT2D eigenvalue weighted by atomic mass is 16.5. The van der Waals surface area contributed by atoms with E-state index in [0.717, 1.165) is 13.0 Å². The number of nitrogens with zero attached hydrogens (tertiary/aromatic N) is 3. The fourth-order valence-electron chi connectivity index (χ4n) is 2.00. The first-order valence-electron chi connectivity index (χ1n) is 5.77. The average Bonchev–Trinajstić information content (AvgIpc) is 2.74. The monoisotopic (exact) mass is 230 g/mol. The fraction of sp³-hybridized carbons (Fsp3) is 0.333. The number of hydrogen-bond acceptors (Lipinski definition) is 4. The van der Waals surface area contributed by atoms with Crippen LogP contribution in [0.4, 0.5) is 5.69 Å². The van der Waals surface area contributed by atoms with Crippen molar-refractivity contribution in [3.05, 3.63) is 30.1 Å². The molecule has 1 aliphatic heterocycles. The van der Waals surface area contributed by atoms with Gasteiger partial charge >= 0.3 is 0 Å². The number of nitrogens with two attached hydrogens (primary N) is 1. The molecular weight excluding hydrogens is 216 g/mol. The van der Waals surface area contributed by atoms with Crippen molar-refractivity contribution in [1.82, 2.24) is 14.8 Å². The summed E-state index contributed by atoms with van der Waals surface area (Å²) in [5.41, 5.74) is 7.43. The lowest BCUT2D eigenvalue weighted by Gasteiger charge is -2.11. The lowest BCUT2D eigenvalue weighted by atomic mass is 10.1. The third-order valence-electron chi connectivity index (χ3n) is 2.86. The molecule has 0 saturated carbocycles. The van der Waals surface area contributed by atoms with Crippen LogP contribution in [0.25, 0.3) is 0 Å². The Labute approximate surface area is 99.2 Å². The molecule has 0 amide bonds. The molecule has 3 heterocycles. The highest BCUT2D eigenvalue weighted by molar-refractivity contribution is 5.36. The summed E-state index contributed by atoms with van der Waals surface area (Å²) in [6, 6.07) is 5.49. The largest absolute Gasteiger partial charge is 0.419 e. The number of fused-ring (bicyclic) bond motifs is 1. The van der Waals surface area contributed by atoms with Crippen molar-refractivity contribution in [3.8, 4) is 11.8 Å². The van der Waals surface area contributed by atoms with Gasteiger partial charge in [-0.05, 0) is 25.3 Å². The Morgan fingerprint density at radius 1 is 1.24 bits per heavy atom. The minimum absolute atomic E-state index is 0.523. The SMILES string of the molecule is Nc1ccc(Oc2cc3n(n2)CCCC3)nc1. The average molecular weight is 230 g/mol. The zero-order chi connectivity index (χ0) is 11.7. The second kappa shape index (κ2) is 4.08. The number of pyridine rings is 1. The van der Waals surface area contributed by atoms with Crippen molar-refractivity contribution in [3.63, 3.8) is 0 Å². The van der Waals surface area contributed by atoms with Gasteiger partial charge in [-0.2, -0.15) is 0 Å². The molecule has 5 nitrogen and oxygen atoms in total. The van der Waals surface area contributed by atoms with Gasteiger partial charge in [0.05, 0.1) is 11.9 Å². The van der Waals surface area contributed by atoms with Crippen molar-refractivity contribution in [1.29, 1.82) is 0 Å². The summed E-state index contributed by atoms with van der Waals surface area (Å²) in [5, 5.41) is 4.39. The molecule has 2 aromatic rings. The first kappa shape index (κ1) is 10.1. The van der Waals surface area contributed by atoms with Crippen molar-refractivity contribution in [2.45, 2.75) is 25.8 Å². The summed E-state index contributed by atoms with van der Waals surface area (Å²) in [5.74, 6) is 1.13. The molecule has 0 unspecified atom stereocenters. The molecule has 0 spiro atoms. The van der Waals surface area contributed by atoms with E-state index in [1.165, 1.54) is 18.5 Å². The molecule has 5 heteroatoms. The van der Waals surface area contributed by atoms with Gasteiger partial charge in [0.1, 0.15) is 0 Å². The molecule has 1 aliphatic rings. The molecule has 0 aromatic carbocycles. The van der Waals surface area contributed by atoms with Crippen LogP contribution in [-0.2, 0) is 13.0 Å². The molecule has 0 fully saturated rings. The molecule has 0 bridgehead atoms. The van der Waals surface area contributed by atoms with E-state index in [-0.39, 0.29) is 0 Å². The second-order valence-corrected chi connectivity index (χ2v) is 4.19. The normalized spacial score (nSPS) is 14.4. The van der Waals surface area contributed by atoms with Gasteiger partial charge in [-0.3, -0.25) is 4.68 Å². The number of aromatic nitrogens is 3. The maximum atomic E-state index is 5.59. The van der Waals surface area contributed by atoms with E-state index in [0.29, 0.717) is 17.4 Å². The summed E-state index contributed by atoms with van der Waals surface area (Å²) in [4.78, 5) is 4.08. The molecule has 0 saturated heterocycles. The van der Waals surface area contributed by atoms with Gasteiger partial charge in [0.2, 0.25) is 11.8 Å². The third-order valence-corrected chi connectivity index (χ3v) is 2.86. The minimum Gasteiger partial charge on any atom is -0.419 e. The quantitative estimate of drug-likeness (QED) is 0.856. The Bertz CT molecular complexity index is 494. The van der Waals surface area contributed by atoms with Crippen molar-refractivity contribution < 1.29 is 4.74 Å². The lowest BCUT2D eigenvalue weighted by Crippen LogP contribution is -2.10. The molecule has 0 radical (unpaired) electrons. The van der Waals surface area contributed by atoms with E-state index in [1.807, 2.05) is 10.7 Å². The number of hydrogen-bond donors (Lipinski definition) is 1. The first-order valence-corrected chi connectivity index (χ1v) is 5.77. The van der Waals surface area contributed by atoms with Crippen LogP contribution in [0.5, 0.6) is 11.8 Å². The second-order valence-electron chi connectivity index (χ2n) is 4.19. The zero-order valence-electron chi connectivity index (χ0n) is 9.47. The van der Waals surface area contributed by atoms with Crippen LogP contribution in [0.3, 0.4) is 0 Å². The lowest BCUT2D eigenvalue weighted by molar-refractivity contribution is 0.421. The number of rotatable bonds is 2. The number of aryl methyl sites for hydroxylation is 2. The van der Waals surface area contributed by atoms with Crippen molar-refractivity contribution in [2.24, 2.45) is 0 Å². The van der Waals surface area contributed by atoms with Crippen LogP contribution in [0.2, 0.25) is 0 Å². The standard InChI is InChI=1S/C12H14N4O/c13-9-4-5-11(14-8-9)17-12-7-10-3-1-2-6-16(10)15-12/h4-5,7-8H,1-3,6,13H2. The summed E-state index contributed by atoms with van der Waals surface area (Å²) in [6.07, 6.45) is 5.07. The van der Waals surface area contributed by atoms with Crippen LogP contribution in [0.1, 0.15) is 18.5 Å². The molecular formula is C12H14N4O. The van der Waals surface area contributed by atoms with E-state index in [1.54, 1.807) is 18.3 Å². The minimum atomic E-state index is 0.523. The fourth-order valence-corrected chi connectivity index (χ4v) is 2.00. The predicted molar refractivity (Wildman–Crippen MR) is 63.9 cm³/mol. The molecule has 0 atom stereocenters. The molecule has 0 aliphatic carbocycles. The molecule has 2 aromatic heterocycles. The summed E-state index contributed by atoms with van der Waals surface area (Å²) in [7, 11) is 0. The van der Waals surface area contributed by atoms with Crippen molar-refractivity contribution in [2.75, 3.05) is 5.73 Å². The summed E-state index contributed by atoms with van der Waals surface area (Å²) in [6.45, 7) is 0.980. The first-order chi connectivity index (χ1) is 8.31. The highest BCUT2D eigenvalue weighted by Crippen LogP contribution is 2.23. The van der Waals surface area contributed by atoms with Gasteiger partial charge in [-0.1, -0.05) is 0 Å². The van der Waals surface area contributed by atoms with Gasteiger partial charge in [0.25, 0.3) is 0 Å². The van der Waals surface area contributed by atoms with Crippen LogP contribution in [0.15, 0.2) is 24.4 Å². The van der Waals surface area contributed by atoms with Crippen LogP contribution in [0, 0.1) is 0 Å². The maximum Gasteiger partial charge on any atom is 0.240 e. The Hall–Kier alpha value is -2.04. The van der Waals surface area contributed by atoms with E-state index >= 15 is 0 Å². The van der Waals surface area contributed by atoms with Gasteiger partial charge in [-0.25, -0.2) is 4.98 Å². The predicted octanol–water partition coefficient (Wildman–Crippen LogP) is 1.99. The Balaban J connectivity index is 1.80. The molecule has 88 valence electrons. The van der Waals surface area contributed by atoms with Gasteiger partial charge < -0.3 is 10.5 Å². The summed E-state index contributed by atoms with van der Waals surface area (Å²) < 4.78 is 7.60. The van der Waals surface area contributed by atoms with E-state index < -0.39 is 0 Å². The van der Waals surface area contributed by atoms with E-state index in [9.17, 15) is 0 Å². The van der Waals surface area contributed by atoms with E-state index in [4.69, 9.17) is 10.5 Å². The van der Waals surface area contributed by atoms with Crippen LogP contribution >= 0.6 is 0 Å². The summed E-state index contributed by atoms with van der Waals surface area (Å²) >= 11 is 0. The molecule has 3 rings (SSSR count). The number of anilines is 1. The molecule has 17 heavy (non-hydrogen) atoms. The highest BCUT2D eigenvalue weighted by Gasteiger charge is 2.13. The van der Waals surface area contributed by atoms with Gasteiger partial charge in [0, 0.05) is 24.4 Å². The van der Waals surface area contributed by atoms with E-state index in [2.05, 4.69) is 10.1 Å². The van der Waals surface area contributed by atoms with Crippen LogP contribution < -0.4 is 10.5 Å². The van der Waals surface area contributed by atoms with Gasteiger partial charge in [0.15, 0.2) is 0 Å². The topological polar surface area (TPSA) is 66.0 Å². The molecule has 2 N–H and O–H groups in total. The van der Waals surface area contributed by atoms with Crippen LogP contribution in [-0.4, -0.2) is 14.8 Å². The van der Waals surface area contributed by atoms with Crippen molar-refractivity contribution >= 4 is 5.69 Å². The Morgan fingerprint density at radius 3 is 2.94 bits per heavy atom.